The molecule has 3 nitrogen and oxygen atoms in total. The predicted octanol–water partition coefficient (Wildman–Crippen LogP) is 2.04. The van der Waals surface area contributed by atoms with Gasteiger partial charge in [-0.1, -0.05) is 20.8 Å². The maximum atomic E-state index is 10.3. The molecule has 1 rings (SSSR count). The van der Waals surface area contributed by atoms with Crippen LogP contribution in [-0.2, 0) is 4.74 Å². The third-order valence-corrected chi connectivity index (χ3v) is 3.69. The van der Waals surface area contributed by atoms with Crippen molar-refractivity contribution in [2.24, 2.45) is 0 Å². The highest BCUT2D eigenvalue weighted by molar-refractivity contribution is 4.84. The molecule has 0 aliphatic carbocycles. The van der Waals surface area contributed by atoms with Crippen molar-refractivity contribution >= 4 is 0 Å². The molecular weight excluding hydrogens is 202 g/mol. The van der Waals surface area contributed by atoms with Crippen molar-refractivity contribution in [2.45, 2.75) is 64.8 Å². The second-order valence-electron chi connectivity index (χ2n) is 5.10. The van der Waals surface area contributed by atoms with Gasteiger partial charge in [0.1, 0.15) is 0 Å². The molecule has 1 aliphatic rings. The third kappa shape index (κ3) is 3.72. The lowest BCUT2D eigenvalue weighted by molar-refractivity contribution is -0.100. The van der Waals surface area contributed by atoms with Crippen LogP contribution in [0.3, 0.4) is 0 Å². The van der Waals surface area contributed by atoms with E-state index in [0.717, 1.165) is 38.9 Å². The standard InChI is InChI=1S/C13H27NO2/c1-5-12-9-14(8-11(4)16-12)10-13(15,6-2)7-3/h11-12,15H,5-10H2,1-4H3. The second kappa shape index (κ2) is 5.99. The van der Waals surface area contributed by atoms with Gasteiger partial charge in [-0.3, -0.25) is 4.90 Å². The molecule has 1 fully saturated rings. The molecule has 0 spiro atoms. The predicted molar refractivity (Wildman–Crippen MR) is 66.6 cm³/mol. The Bertz CT molecular complexity index is 204. The summed E-state index contributed by atoms with van der Waals surface area (Å²) in [6.45, 7) is 11.1. The molecule has 1 saturated heterocycles. The number of hydrogen-bond donors (Lipinski definition) is 1. The lowest BCUT2D eigenvalue weighted by Gasteiger charge is -2.40. The Kier molecular flexibility index (Phi) is 5.22. The third-order valence-electron chi connectivity index (χ3n) is 3.69. The van der Waals surface area contributed by atoms with Gasteiger partial charge in [-0.15, -0.1) is 0 Å². The van der Waals surface area contributed by atoms with Crippen molar-refractivity contribution in [3.05, 3.63) is 0 Å². The van der Waals surface area contributed by atoms with Gasteiger partial charge in [0.15, 0.2) is 0 Å². The summed E-state index contributed by atoms with van der Waals surface area (Å²) in [5, 5.41) is 10.3. The first-order valence-corrected chi connectivity index (χ1v) is 6.63. The lowest BCUT2D eigenvalue weighted by atomic mass is 9.96. The van der Waals surface area contributed by atoms with Crippen LogP contribution in [0.2, 0.25) is 0 Å². The summed E-state index contributed by atoms with van der Waals surface area (Å²) in [6, 6.07) is 0. The summed E-state index contributed by atoms with van der Waals surface area (Å²) in [5.74, 6) is 0. The van der Waals surface area contributed by atoms with E-state index in [9.17, 15) is 5.11 Å². The molecule has 0 aromatic rings. The van der Waals surface area contributed by atoms with E-state index < -0.39 is 5.60 Å². The number of β-amino-alcohol motifs (C(OH)–C–C–N with tert-alkyl or cyclic N) is 1. The lowest BCUT2D eigenvalue weighted by Crippen LogP contribution is -2.52. The smallest absolute Gasteiger partial charge is 0.0768 e. The molecule has 3 heteroatoms. The van der Waals surface area contributed by atoms with Crippen LogP contribution in [-0.4, -0.2) is 47.4 Å². The number of aliphatic hydroxyl groups is 1. The van der Waals surface area contributed by atoms with Crippen LogP contribution in [0.1, 0.15) is 47.0 Å². The highest BCUT2D eigenvalue weighted by Crippen LogP contribution is 2.20. The topological polar surface area (TPSA) is 32.7 Å². The number of morpholine rings is 1. The van der Waals surface area contributed by atoms with Crippen molar-refractivity contribution in [3.63, 3.8) is 0 Å². The summed E-state index contributed by atoms with van der Waals surface area (Å²) < 4.78 is 5.82. The van der Waals surface area contributed by atoms with E-state index in [1.807, 2.05) is 0 Å². The maximum absolute atomic E-state index is 10.3. The van der Waals surface area contributed by atoms with E-state index in [1.54, 1.807) is 0 Å². The van der Waals surface area contributed by atoms with Crippen molar-refractivity contribution in [2.75, 3.05) is 19.6 Å². The first kappa shape index (κ1) is 13.9. The van der Waals surface area contributed by atoms with Gasteiger partial charge in [-0.2, -0.15) is 0 Å². The fourth-order valence-corrected chi connectivity index (χ4v) is 2.38. The Balaban J connectivity index is 2.52. The molecule has 0 aromatic heterocycles. The normalized spacial score (nSPS) is 28.3. The minimum Gasteiger partial charge on any atom is -0.389 e. The van der Waals surface area contributed by atoms with Crippen molar-refractivity contribution in [1.82, 2.24) is 4.90 Å². The Morgan fingerprint density at radius 1 is 1.25 bits per heavy atom. The van der Waals surface area contributed by atoms with Crippen LogP contribution in [0.4, 0.5) is 0 Å². The zero-order valence-electron chi connectivity index (χ0n) is 11.2. The van der Waals surface area contributed by atoms with Gasteiger partial charge in [-0.05, 0) is 26.2 Å². The minimum absolute atomic E-state index is 0.289. The van der Waals surface area contributed by atoms with Gasteiger partial charge in [0.2, 0.25) is 0 Å². The Labute approximate surface area is 99.8 Å². The van der Waals surface area contributed by atoms with E-state index in [-0.39, 0.29) is 6.10 Å². The first-order chi connectivity index (χ1) is 7.53. The van der Waals surface area contributed by atoms with Crippen LogP contribution in [0.25, 0.3) is 0 Å². The fraction of sp³-hybridized carbons (Fsp3) is 1.00. The van der Waals surface area contributed by atoms with Gasteiger partial charge in [-0.25, -0.2) is 0 Å². The SMILES string of the molecule is CCC1CN(CC(O)(CC)CC)CC(C)O1. The fourth-order valence-electron chi connectivity index (χ4n) is 2.38. The molecule has 1 heterocycles. The molecule has 0 bridgehead atoms. The average Bonchev–Trinajstić information content (AvgIpc) is 2.28. The quantitative estimate of drug-likeness (QED) is 0.783. The molecule has 0 radical (unpaired) electrons. The Morgan fingerprint density at radius 2 is 1.88 bits per heavy atom. The number of nitrogens with zero attached hydrogens (tertiary/aromatic N) is 1. The van der Waals surface area contributed by atoms with E-state index in [4.69, 9.17) is 4.74 Å². The zero-order chi connectivity index (χ0) is 12.2. The average molecular weight is 229 g/mol. The van der Waals surface area contributed by atoms with Crippen molar-refractivity contribution in [3.8, 4) is 0 Å². The molecule has 96 valence electrons. The zero-order valence-corrected chi connectivity index (χ0v) is 11.2. The Morgan fingerprint density at radius 3 is 2.38 bits per heavy atom. The summed E-state index contributed by atoms with van der Waals surface area (Å²) in [6.07, 6.45) is 3.33. The van der Waals surface area contributed by atoms with E-state index >= 15 is 0 Å². The van der Waals surface area contributed by atoms with E-state index in [1.165, 1.54) is 0 Å². The molecule has 1 N–H and O–H groups in total. The van der Waals surface area contributed by atoms with Gasteiger partial charge in [0, 0.05) is 19.6 Å². The highest BCUT2D eigenvalue weighted by atomic mass is 16.5. The molecule has 0 amide bonds. The van der Waals surface area contributed by atoms with Crippen molar-refractivity contribution in [1.29, 1.82) is 0 Å². The summed E-state index contributed by atoms with van der Waals surface area (Å²) >= 11 is 0. The summed E-state index contributed by atoms with van der Waals surface area (Å²) in [7, 11) is 0. The largest absolute Gasteiger partial charge is 0.389 e. The molecule has 2 atom stereocenters. The monoisotopic (exact) mass is 229 g/mol. The van der Waals surface area contributed by atoms with E-state index in [0.29, 0.717) is 6.10 Å². The second-order valence-corrected chi connectivity index (χ2v) is 5.10. The summed E-state index contributed by atoms with van der Waals surface area (Å²) in [5.41, 5.74) is -0.519. The number of hydrogen-bond acceptors (Lipinski definition) is 3. The van der Waals surface area contributed by atoms with Gasteiger partial charge < -0.3 is 9.84 Å². The van der Waals surface area contributed by atoms with Crippen LogP contribution < -0.4 is 0 Å². The molecule has 0 aromatic carbocycles. The number of ether oxygens (including phenoxy) is 1. The first-order valence-electron chi connectivity index (χ1n) is 6.63. The van der Waals surface area contributed by atoms with Gasteiger partial charge >= 0.3 is 0 Å². The molecular formula is C13H27NO2. The highest BCUT2D eigenvalue weighted by Gasteiger charge is 2.30. The molecule has 2 unspecified atom stereocenters. The molecule has 0 saturated carbocycles. The van der Waals surface area contributed by atoms with E-state index in [2.05, 4.69) is 32.6 Å². The Hall–Kier alpha value is -0.120. The molecule has 16 heavy (non-hydrogen) atoms. The maximum Gasteiger partial charge on any atom is 0.0768 e. The van der Waals surface area contributed by atoms with Crippen molar-refractivity contribution < 1.29 is 9.84 Å². The van der Waals surface area contributed by atoms with Crippen LogP contribution >= 0.6 is 0 Å². The van der Waals surface area contributed by atoms with Crippen LogP contribution in [0, 0.1) is 0 Å². The van der Waals surface area contributed by atoms with Crippen LogP contribution in [0.15, 0.2) is 0 Å². The minimum atomic E-state index is -0.519. The van der Waals surface area contributed by atoms with Crippen LogP contribution in [0.5, 0.6) is 0 Å². The van der Waals surface area contributed by atoms with Gasteiger partial charge in [0.05, 0.1) is 17.8 Å². The number of rotatable bonds is 5. The summed E-state index contributed by atoms with van der Waals surface area (Å²) in [4.78, 5) is 2.36. The van der Waals surface area contributed by atoms with Gasteiger partial charge in [0.25, 0.3) is 0 Å². The molecule has 1 aliphatic heterocycles.